The number of epoxide rings is 1. The van der Waals surface area contributed by atoms with Gasteiger partial charge in [0.15, 0.2) is 23.4 Å². The van der Waals surface area contributed by atoms with Crippen molar-refractivity contribution in [1.29, 1.82) is 0 Å². The number of unbranched alkanes of at least 4 members (excludes halogenated alkanes) is 4. The van der Waals surface area contributed by atoms with E-state index in [0.717, 1.165) is 39.5 Å². The van der Waals surface area contributed by atoms with Gasteiger partial charge in [-0.2, -0.15) is 0 Å². The van der Waals surface area contributed by atoms with Crippen molar-refractivity contribution >= 4 is 23.9 Å². The minimum Gasteiger partial charge on any atom is -0.459 e. The zero-order valence-electron chi connectivity index (χ0n) is 26.5. The van der Waals surface area contributed by atoms with Crippen LogP contribution in [0.3, 0.4) is 0 Å². The second-order valence-corrected chi connectivity index (χ2v) is 13.2. The average molecular weight is 623 g/mol. The standard InChI is InChI=1S/C32H46O12/c1-8-9-10-11-12-13-22(36)43-24-17(2)16-21-32(31(7,44-32)28(38)42-21)27(41-19(4)34)25-29(5,15-14-20(35)30(25,6)39)26(23(24)37)40-18(3)33/h14-16,20-21,23-27,35,37,39H,8-13H2,1-7H3/b17-16-/t20-,21+,23+,24+,25-,26+,27-,29+,30-,31+,32+/m1/s1. The molecule has 2 aliphatic carbocycles. The van der Waals surface area contributed by atoms with Crippen molar-refractivity contribution in [2.75, 3.05) is 0 Å². The number of ether oxygens (including phenoxy) is 5. The fourth-order valence-electron chi connectivity index (χ4n) is 7.45. The zero-order valence-corrected chi connectivity index (χ0v) is 26.5. The molecule has 0 radical (unpaired) electrons. The summed E-state index contributed by atoms with van der Waals surface area (Å²) < 4.78 is 29.3. The third-order valence-electron chi connectivity index (χ3n) is 9.81. The number of aliphatic hydroxyl groups is 3. The zero-order chi connectivity index (χ0) is 32.8. The normalized spacial score (nSPS) is 43.7. The Hall–Kier alpha value is -2.80. The number of fused-ring (bicyclic) bond motifs is 1. The van der Waals surface area contributed by atoms with Gasteiger partial charge in [-0.05, 0) is 38.8 Å². The van der Waals surface area contributed by atoms with Gasteiger partial charge in [-0.1, -0.05) is 51.7 Å². The van der Waals surface area contributed by atoms with Crippen LogP contribution in [0.15, 0.2) is 23.8 Å². The minimum absolute atomic E-state index is 0.0944. The fourth-order valence-corrected chi connectivity index (χ4v) is 7.45. The van der Waals surface area contributed by atoms with E-state index < -0.39 is 88.6 Å². The van der Waals surface area contributed by atoms with Crippen molar-refractivity contribution in [3.05, 3.63) is 23.8 Å². The Kier molecular flexibility index (Phi) is 9.44. The molecule has 1 spiro atoms. The lowest BCUT2D eigenvalue weighted by Crippen LogP contribution is -2.68. The predicted molar refractivity (Wildman–Crippen MR) is 154 cm³/mol. The largest absolute Gasteiger partial charge is 0.459 e. The number of carbonyl (C=O) groups excluding carboxylic acids is 4. The van der Waals surface area contributed by atoms with Crippen LogP contribution in [-0.2, 0) is 42.9 Å². The first-order chi connectivity index (χ1) is 20.5. The molecule has 0 aromatic carbocycles. The molecule has 4 rings (SSSR count). The first kappa shape index (κ1) is 34.1. The van der Waals surface area contributed by atoms with Gasteiger partial charge >= 0.3 is 23.9 Å². The van der Waals surface area contributed by atoms with E-state index in [1.54, 1.807) is 13.8 Å². The van der Waals surface area contributed by atoms with Gasteiger partial charge in [-0.25, -0.2) is 4.79 Å². The van der Waals surface area contributed by atoms with Crippen molar-refractivity contribution in [2.24, 2.45) is 11.3 Å². The van der Waals surface area contributed by atoms with Gasteiger partial charge in [0.05, 0.1) is 5.60 Å². The maximum Gasteiger partial charge on any atom is 0.342 e. The number of hydrogen-bond donors (Lipinski definition) is 3. The highest BCUT2D eigenvalue weighted by Crippen LogP contribution is 2.65. The van der Waals surface area contributed by atoms with E-state index in [2.05, 4.69) is 6.92 Å². The van der Waals surface area contributed by atoms with Crippen LogP contribution in [0.5, 0.6) is 0 Å². The summed E-state index contributed by atoms with van der Waals surface area (Å²) in [5, 5.41) is 34.9. The van der Waals surface area contributed by atoms with Crippen LogP contribution in [-0.4, -0.2) is 92.6 Å². The monoisotopic (exact) mass is 622 g/mol. The Morgan fingerprint density at radius 2 is 1.57 bits per heavy atom. The number of aliphatic hydroxyl groups excluding tert-OH is 2. The number of rotatable bonds is 9. The number of esters is 4. The van der Waals surface area contributed by atoms with Crippen LogP contribution in [0.1, 0.15) is 87.0 Å². The lowest BCUT2D eigenvalue weighted by atomic mass is 9.55. The quantitative estimate of drug-likeness (QED) is 0.112. The molecule has 12 heteroatoms. The minimum atomic E-state index is -2.08. The van der Waals surface area contributed by atoms with Crippen LogP contribution in [0.4, 0.5) is 0 Å². The van der Waals surface area contributed by atoms with Crippen molar-refractivity contribution in [3.63, 3.8) is 0 Å². The SMILES string of the molecule is CCCCCCCC(=O)O[C@H]1/C(C)=C\[C@@H]2OC(=O)[C@]3(C)O[C@]23[C@H](OC(C)=O)[C@H]2[C@](C)(O)[C@H](O)C=C[C@]2(C)[C@@H](OC(C)=O)[C@H]1O. The molecule has 0 unspecified atom stereocenters. The van der Waals surface area contributed by atoms with Crippen molar-refractivity contribution < 1.29 is 58.2 Å². The van der Waals surface area contributed by atoms with Gasteiger partial charge in [-0.3, -0.25) is 14.4 Å². The molecule has 2 heterocycles. The molecule has 0 aromatic heterocycles. The summed E-state index contributed by atoms with van der Waals surface area (Å²) in [5.41, 5.74) is -6.66. The summed E-state index contributed by atoms with van der Waals surface area (Å²) in [5.74, 6) is -4.22. The molecule has 0 saturated carbocycles. The molecule has 0 bridgehead atoms. The predicted octanol–water partition coefficient (Wildman–Crippen LogP) is 2.20. The Balaban J connectivity index is 1.90. The van der Waals surface area contributed by atoms with Crippen molar-refractivity contribution in [1.82, 2.24) is 0 Å². The molecule has 2 fully saturated rings. The molecular weight excluding hydrogens is 576 g/mol. The molecule has 0 aromatic rings. The molecule has 2 aliphatic heterocycles. The lowest BCUT2D eigenvalue weighted by molar-refractivity contribution is -0.226. The second kappa shape index (κ2) is 12.2. The molecule has 2 saturated heterocycles. The van der Waals surface area contributed by atoms with E-state index in [1.807, 2.05) is 0 Å². The molecule has 3 N–H and O–H groups in total. The smallest absolute Gasteiger partial charge is 0.342 e. The average Bonchev–Trinajstić information content (AvgIpc) is 3.52. The van der Waals surface area contributed by atoms with E-state index in [4.69, 9.17) is 23.7 Å². The van der Waals surface area contributed by atoms with E-state index in [0.29, 0.717) is 6.42 Å². The highest BCUT2D eigenvalue weighted by Gasteiger charge is 2.88. The Morgan fingerprint density at radius 3 is 2.16 bits per heavy atom. The van der Waals surface area contributed by atoms with Gasteiger partial charge in [0.1, 0.15) is 24.4 Å². The van der Waals surface area contributed by atoms with Crippen molar-refractivity contribution in [3.8, 4) is 0 Å². The third-order valence-corrected chi connectivity index (χ3v) is 9.81. The molecule has 4 aliphatic rings. The fraction of sp³-hybridized carbons (Fsp3) is 0.750. The van der Waals surface area contributed by atoms with Gasteiger partial charge in [0, 0.05) is 31.6 Å². The Bertz CT molecular complexity index is 1220. The number of carbonyl (C=O) groups is 4. The molecular formula is C32H46O12. The molecule has 11 atom stereocenters. The van der Waals surface area contributed by atoms with Gasteiger partial charge in [0.25, 0.3) is 0 Å². The van der Waals surface area contributed by atoms with Gasteiger partial charge in [0.2, 0.25) is 0 Å². The van der Waals surface area contributed by atoms with Crippen LogP contribution in [0.2, 0.25) is 0 Å². The van der Waals surface area contributed by atoms with Gasteiger partial charge in [-0.15, -0.1) is 0 Å². The van der Waals surface area contributed by atoms with Gasteiger partial charge < -0.3 is 39.0 Å². The summed E-state index contributed by atoms with van der Waals surface area (Å²) in [7, 11) is 0. The van der Waals surface area contributed by atoms with E-state index in [9.17, 15) is 34.5 Å². The Morgan fingerprint density at radius 1 is 0.955 bits per heavy atom. The first-order valence-electron chi connectivity index (χ1n) is 15.4. The maximum atomic E-state index is 13.2. The number of hydrogen-bond acceptors (Lipinski definition) is 12. The summed E-state index contributed by atoms with van der Waals surface area (Å²) in [6.07, 6.45) is 0.122. The first-order valence-corrected chi connectivity index (χ1v) is 15.4. The summed E-state index contributed by atoms with van der Waals surface area (Å²) in [4.78, 5) is 51.4. The van der Waals surface area contributed by atoms with E-state index >= 15 is 0 Å². The topological polar surface area (TPSA) is 178 Å². The summed E-state index contributed by atoms with van der Waals surface area (Å²) in [6.45, 7) is 10.3. The molecule has 246 valence electrons. The maximum absolute atomic E-state index is 13.2. The van der Waals surface area contributed by atoms with Crippen molar-refractivity contribution in [2.45, 2.75) is 140 Å². The van der Waals surface area contributed by atoms with E-state index in [1.165, 1.54) is 32.1 Å². The highest BCUT2D eigenvalue weighted by atomic mass is 16.7. The molecule has 0 amide bonds. The molecule has 12 nitrogen and oxygen atoms in total. The lowest BCUT2D eigenvalue weighted by Gasteiger charge is -2.55. The molecule has 44 heavy (non-hydrogen) atoms. The van der Waals surface area contributed by atoms with Crippen LogP contribution >= 0.6 is 0 Å². The van der Waals surface area contributed by atoms with E-state index in [-0.39, 0.29) is 12.0 Å². The highest BCUT2D eigenvalue weighted by molar-refractivity contribution is 5.89. The summed E-state index contributed by atoms with van der Waals surface area (Å²) in [6, 6.07) is 0. The third kappa shape index (κ3) is 5.59. The second-order valence-electron chi connectivity index (χ2n) is 13.2. The van der Waals surface area contributed by atoms with Crippen LogP contribution < -0.4 is 0 Å². The van der Waals surface area contributed by atoms with Crippen LogP contribution in [0, 0.1) is 11.3 Å². The Labute approximate surface area is 257 Å². The summed E-state index contributed by atoms with van der Waals surface area (Å²) >= 11 is 0. The van der Waals surface area contributed by atoms with Crippen LogP contribution in [0.25, 0.3) is 0 Å².